The Morgan fingerprint density at radius 2 is 1.81 bits per heavy atom. The first-order valence-corrected chi connectivity index (χ1v) is 10.9. The predicted molar refractivity (Wildman–Crippen MR) is 124 cm³/mol. The van der Waals surface area contributed by atoms with Crippen molar-refractivity contribution in [1.82, 2.24) is 15.3 Å². The summed E-state index contributed by atoms with van der Waals surface area (Å²) in [6.45, 7) is 1.93. The molecule has 5 rings (SSSR count). The molecular weight excluding hydrogens is 406 g/mol. The van der Waals surface area contributed by atoms with Gasteiger partial charge in [0.05, 0.1) is 28.5 Å². The molecular formula is C26H22ClN3O. The Morgan fingerprint density at radius 3 is 2.65 bits per heavy atom. The molecule has 0 unspecified atom stereocenters. The molecule has 1 heterocycles. The van der Waals surface area contributed by atoms with Gasteiger partial charge in [-0.1, -0.05) is 48.0 Å². The van der Waals surface area contributed by atoms with Gasteiger partial charge in [0.2, 0.25) is 0 Å². The van der Waals surface area contributed by atoms with Crippen LogP contribution in [0.3, 0.4) is 0 Å². The molecule has 1 N–H and O–H groups in total. The van der Waals surface area contributed by atoms with E-state index in [9.17, 15) is 4.79 Å². The molecule has 1 aliphatic rings. The minimum absolute atomic E-state index is 0.0493. The Kier molecular flexibility index (Phi) is 5.16. The highest BCUT2D eigenvalue weighted by atomic mass is 35.5. The molecule has 31 heavy (non-hydrogen) atoms. The molecule has 3 aromatic carbocycles. The van der Waals surface area contributed by atoms with E-state index in [2.05, 4.69) is 23.5 Å². The van der Waals surface area contributed by atoms with Crippen molar-refractivity contribution >= 4 is 28.5 Å². The maximum absolute atomic E-state index is 13.0. The highest BCUT2D eigenvalue weighted by Gasteiger charge is 2.22. The van der Waals surface area contributed by atoms with Gasteiger partial charge >= 0.3 is 0 Å². The standard InChI is InChI=1S/C26H22ClN3O/c1-16-25(18-9-12-20(27)13-10-18)29-23-14-11-19(15-24(23)28-16)26(31)30-22-8-4-6-17-5-2-3-7-21(17)22/h2-3,5,7,9-15,22H,4,6,8H2,1H3,(H,30,31)/t22-/m1/s1. The summed E-state index contributed by atoms with van der Waals surface area (Å²) in [6.07, 6.45) is 3.11. The number of carbonyl (C=O) groups is 1. The summed E-state index contributed by atoms with van der Waals surface area (Å²) in [4.78, 5) is 22.5. The Labute approximate surface area is 186 Å². The molecule has 4 nitrogen and oxygen atoms in total. The van der Waals surface area contributed by atoms with E-state index in [1.54, 1.807) is 0 Å². The number of rotatable bonds is 3. The van der Waals surface area contributed by atoms with E-state index < -0.39 is 0 Å². The van der Waals surface area contributed by atoms with Crippen LogP contribution in [0.25, 0.3) is 22.3 Å². The summed E-state index contributed by atoms with van der Waals surface area (Å²) < 4.78 is 0. The molecule has 1 aromatic heterocycles. The number of halogens is 1. The van der Waals surface area contributed by atoms with Crippen molar-refractivity contribution in [1.29, 1.82) is 0 Å². The SMILES string of the molecule is Cc1nc2cc(C(=O)N[C@@H]3CCCc4ccccc43)ccc2nc1-c1ccc(Cl)cc1. The lowest BCUT2D eigenvalue weighted by atomic mass is 9.87. The second-order valence-electron chi connectivity index (χ2n) is 7.99. The third-order valence-electron chi connectivity index (χ3n) is 5.89. The van der Waals surface area contributed by atoms with Gasteiger partial charge in [-0.15, -0.1) is 0 Å². The van der Waals surface area contributed by atoms with Crippen LogP contribution in [0.15, 0.2) is 66.7 Å². The summed E-state index contributed by atoms with van der Waals surface area (Å²) in [7, 11) is 0. The maximum atomic E-state index is 13.0. The molecule has 0 spiro atoms. The van der Waals surface area contributed by atoms with Gasteiger partial charge in [0.15, 0.2) is 0 Å². The predicted octanol–water partition coefficient (Wildman–Crippen LogP) is 6.07. The number of carbonyl (C=O) groups excluding carboxylic acids is 1. The number of nitrogens with zero attached hydrogens (tertiary/aromatic N) is 2. The third kappa shape index (κ3) is 3.91. The van der Waals surface area contributed by atoms with E-state index in [-0.39, 0.29) is 11.9 Å². The first kappa shape index (κ1) is 19.7. The molecule has 1 amide bonds. The topological polar surface area (TPSA) is 54.9 Å². The van der Waals surface area contributed by atoms with E-state index >= 15 is 0 Å². The zero-order valence-corrected chi connectivity index (χ0v) is 18.0. The lowest BCUT2D eigenvalue weighted by Gasteiger charge is -2.26. The van der Waals surface area contributed by atoms with E-state index in [4.69, 9.17) is 21.6 Å². The Balaban J connectivity index is 1.43. The number of hydrogen-bond donors (Lipinski definition) is 1. The van der Waals surface area contributed by atoms with Crippen LogP contribution in [0.1, 0.15) is 46.1 Å². The molecule has 0 saturated carbocycles. The number of aromatic nitrogens is 2. The fourth-order valence-electron chi connectivity index (χ4n) is 4.31. The first-order valence-electron chi connectivity index (χ1n) is 10.5. The minimum atomic E-state index is -0.0789. The highest BCUT2D eigenvalue weighted by Crippen LogP contribution is 2.30. The van der Waals surface area contributed by atoms with Crippen LogP contribution in [0.2, 0.25) is 5.02 Å². The fraction of sp³-hybridized carbons (Fsp3) is 0.192. The van der Waals surface area contributed by atoms with Crippen molar-refractivity contribution in [2.24, 2.45) is 0 Å². The third-order valence-corrected chi connectivity index (χ3v) is 6.15. The number of fused-ring (bicyclic) bond motifs is 2. The normalized spacial score (nSPS) is 15.5. The average molecular weight is 428 g/mol. The summed E-state index contributed by atoms with van der Waals surface area (Å²) in [5.74, 6) is -0.0789. The number of benzene rings is 3. The quantitative estimate of drug-likeness (QED) is 0.432. The van der Waals surface area contributed by atoms with Crippen molar-refractivity contribution in [2.75, 3.05) is 0 Å². The second kappa shape index (κ2) is 8.12. The Hall–Kier alpha value is -3.24. The first-order chi connectivity index (χ1) is 15.1. The molecule has 0 fully saturated rings. The van der Waals surface area contributed by atoms with E-state index in [0.29, 0.717) is 16.1 Å². The van der Waals surface area contributed by atoms with E-state index in [1.807, 2.05) is 55.5 Å². The number of nitrogens with one attached hydrogen (secondary N) is 1. The largest absolute Gasteiger partial charge is 0.345 e. The van der Waals surface area contributed by atoms with Crippen LogP contribution in [0, 0.1) is 6.92 Å². The van der Waals surface area contributed by atoms with Gasteiger partial charge < -0.3 is 5.32 Å². The van der Waals surface area contributed by atoms with Crippen molar-refractivity contribution < 1.29 is 4.79 Å². The molecule has 4 aromatic rings. The highest BCUT2D eigenvalue weighted by molar-refractivity contribution is 6.30. The molecule has 0 aliphatic heterocycles. The Morgan fingerprint density at radius 1 is 1.00 bits per heavy atom. The van der Waals surface area contributed by atoms with Gasteiger partial charge in [-0.05, 0) is 67.6 Å². The van der Waals surface area contributed by atoms with E-state index in [1.165, 1.54) is 11.1 Å². The van der Waals surface area contributed by atoms with Gasteiger partial charge in [-0.25, -0.2) is 9.97 Å². The van der Waals surface area contributed by atoms with Crippen LogP contribution < -0.4 is 5.32 Å². The molecule has 5 heteroatoms. The van der Waals surface area contributed by atoms with Crippen molar-refractivity contribution in [3.63, 3.8) is 0 Å². The molecule has 154 valence electrons. The van der Waals surface area contributed by atoms with Crippen molar-refractivity contribution in [3.8, 4) is 11.3 Å². The molecule has 1 aliphatic carbocycles. The van der Waals surface area contributed by atoms with Gasteiger partial charge in [-0.3, -0.25) is 4.79 Å². The molecule has 1 atom stereocenters. The Bertz CT molecular complexity index is 1280. The lowest BCUT2D eigenvalue weighted by molar-refractivity contribution is 0.0933. The van der Waals surface area contributed by atoms with Crippen molar-refractivity contribution in [2.45, 2.75) is 32.2 Å². The number of hydrogen-bond acceptors (Lipinski definition) is 3. The lowest BCUT2D eigenvalue weighted by Crippen LogP contribution is -2.30. The van der Waals surface area contributed by atoms with Gasteiger partial charge in [-0.2, -0.15) is 0 Å². The van der Waals surface area contributed by atoms with E-state index in [0.717, 1.165) is 41.7 Å². The van der Waals surface area contributed by atoms with Crippen LogP contribution in [0.5, 0.6) is 0 Å². The van der Waals surface area contributed by atoms with Crippen LogP contribution in [0.4, 0.5) is 0 Å². The van der Waals surface area contributed by atoms with Crippen LogP contribution in [-0.2, 0) is 6.42 Å². The molecule has 0 radical (unpaired) electrons. The minimum Gasteiger partial charge on any atom is -0.345 e. The fourth-order valence-corrected chi connectivity index (χ4v) is 4.44. The van der Waals surface area contributed by atoms with Crippen LogP contribution >= 0.6 is 11.6 Å². The van der Waals surface area contributed by atoms with Gasteiger partial charge in [0, 0.05) is 16.1 Å². The number of aryl methyl sites for hydroxylation is 2. The zero-order valence-electron chi connectivity index (χ0n) is 17.2. The maximum Gasteiger partial charge on any atom is 0.251 e. The summed E-state index contributed by atoms with van der Waals surface area (Å²) in [5, 5.41) is 3.90. The summed E-state index contributed by atoms with van der Waals surface area (Å²) in [5.41, 5.74) is 7.23. The summed E-state index contributed by atoms with van der Waals surface area (Å²) in [6, 6.07) is 21.5. The monoisotopic (exact) mass is 427 g/mol. The molecule has 0 bridgehead atoms. The zero-order chi connectivity index (χ0) is 21.4. The van der Waals surface area contributed by atoms with Gasteiger partial charge in [0.1, 0.15) is 0 Å². The number of amides is 1. The average Bonchev–Trinajstić information content (AvgIpc) is 2.79. The smallest absolute Gasteiger partial charge is 0.251 e. The van der Waals surface area contributed by atoms with Crippen LogP contribution in [-0.4, -0.2) is 15.9 Å². The molecule has 0 saturated heterocycles. The van der Waals surface area contributed by atoms with Crippen molar-refractivity contribution in [3.05, 3.63) is 94.1 Å². The second-order valence-corrected chi connectivity index (χ2v) is 8.42. The van der Waals surface area contributed by atoms with Gasteiger partial charge in [0.25, 0.3) is 5.91 Å². The summed E-state index contributed by atoms with van der Waals surface area (Å²) >= 11 is 6.00.